The smallest absolute Gasteiger partial charge is 0.127 e. The maximum absolute atomic E-state index is 13.3. The predicted octanol–water partition coefficient (Wildman–Crippen LogP) is 3.05. The summed E-state index contributed by atoms with van der Waals surface area (Å²) in [6.07, 6.45) is 0. The Hall–Kier alpha value is -2.23. The summed E-state index contributed by atoms with van der Waals surface area (Å²) in [7, 11) is 3.53. The molecule has 0 heterocycles. The van der Waals surface area contributed by atoms with Gasteiger partial charge in [0.15, 0.2) is 0 Å². The second kappa shape index (κ2) is 5.61. The van der Waals surface area contributed by atoms with Gasteiger partial charge in [-0.1, -0.05) is 12.1 Å². The van der Waals surface area contributed by atoms with Gasteiger partial charge < -0.3 is 15.4 Å². The molecule has 0 fully saturated rings. The minimum absolute atomic E-state index is 0.326. The molecule has 0 aliphatic rings. The summed E-state index contributed by atoms with van der Waals surface area (Å²) in [5.41, 5.74) is 7.91. The van der Waals surface area contributed by atoms with E-state index in [0.717, 1.165) is 17.0 Å². The van der Waals surface area contributed by atoms with Crippen LogP contribution in [0.1, 0.15) is 5.56 Å². The highest BCUT2D eigenvalue weighted by Crippen LogP contribution is 2.21. The second-order valence-electron chi connectivity index (χ2n) is 4.45. The molecule has 0 aliphatic carbocycles. The van der Waals surface area contributed by atoms with Gasteiger partial charge in [0.2, 0.25) is 0 Å². The Kier molecular flexibility index (Phi) is 3.90. The minimum atomic E-state index is -0.326. The Bertz CT molecular complexity index is 552. The van der Waals surface area contributed by atoms with Crippen LogP contribution in [0.3, 0.4) is 0 Å². The number of nitrogen functional groups attached to an aromatic ring is 1. The average molecular weight is 260 g/mol. The van der Waals surface area contributed by atoms with Crippen LogP contribution in [-0.4, -0.2) is 14.2 Å². The largest absolute Gasteiger partial charge is 0.497 e. The molecule has 0 bridgehead atoms. The van der Waals surface area contributed by atoms with Crippen molar-refractivity contribution >= 4 is 11.4 Å². The van der Waals surface area contributed by atoms with Crippen molar-refractivity contribution in [1.29, 1.82) is 0 Å². The highest BCUT2D eigenvalue weighted by Gasteiger charge is 2.05. The van der Waals surface area contributed by atoms with Gasteiger partial charge >= 0.3 is 0 Å². The molecule has 2 aromatic rings. The number of hydrogen-bond donors (Lipinski definition) is 1. The Balaban J connectivity index is 2.17. The molecule has 4 heteroatoms. The summed E-state index contributed by atoms with van der Waals surface area (Å²) in [5.74, 6) is 0.483. The molecule has 3 nitrogen and oxygen atoms in total. The number of rotatable bonds is 4. The summed E-state index contributed by atoms with van der Waals surface area (Å²) in [4.78, 5) is 1.94. The number of methoxy groups -OCH3 is 1. The van der Waals surface area contributed by atoms with Gasteiger partial charge in [-0.3, -0.25) is 0 Å². The van der Waals surface area contributed by atoms with Crippen LogP contribution in [0.25, 0.3) is 0 Å². The number of nitrogens with two attached hydrogens (primary N) is 1. The van der Waals surface area contributed by atoms with Gasteiger partial charge in [0.05, 0.1) is 7.11 Å². The lowest BCUT2D eigenvalue weighted by atomic mass is 10.2. The van der Waals surface area contributed by atoms with Crippen molar-refractivity contribution in [1.82, 2.24) is 0 Å². The number of nitrogens with zero attached hydrogens (tertiary/aromatic N) is 1. The van der Waals surface area contributed by atoms with Gasteiger partial charge in [-0.15, -0.1) is 0 Å². The number of hydrogen-bond acceptors (Lipinski definition) is 3. The molecule has 19 heavy (non-hydrogen) atoms. The fourth-order valence-corrected chi connectivity index (χ4v) is 1.95. The van der Waals surface area contributed by atoms with E-state index in [1.54, 1.807) is 13.2 Å². The zero-order chi connectivity index (χ0) is 13.8. The van der Waals surface area contributed by atoms with Crippen molar-refractivity contribution in [2.24, 2.45) is 0 Å². The average Bonchev–Trinajstić information content (AvgIpc) is 2.37. The quantitative estimate of drug-likeness (QED) is 0.859. The Morgan fingerprint density at radius 2 is 2.00 bits per heavy atom. The van der Waals surface area contributed by atoms with E-state index in [-0.39, 0.29) is 5.82 Å². The third-order valence-electron chi connectivity index (χ3n) is 2.90. The SMILES string of the molecule is COc1cccc(CN(C)c2cc(N)cc(F)c2)c1. The number of ether oxygens (including phenoxy) is 1. The van der Waals surface area contributed by atoms with E-state index >= 15 is 0 Å². The van der Waals surface area contributed by atoms with Crippen LogP contribution >= 0.6 is 0 Å². The fourth-order valence-electron chi connectivity index (χ4n) is 1.95. The van der Waals surface area contributed by atoms with Gasteiger partial charge in [0.1, 0.15) is 11.6 Å². The lowest BCUT2D eigenvalue weighted by Crippen LogP contribution is -2.16. The van der Waals surface area contributed by atoms with Crippen molar-refractivity contribution in [2.75, 3.05) is 24.8 Å². The molecule has 2 rings (SSSR count). The van der Waals surface area contributed by atoms with Crippen LogP contribution in [0, 0.1) is 5.82 Å². The lowest BCUT2D eigenvalue weighted by Gasteiger charge is -2.20. The van der Waals surface area contributed by atoms with Crippen molar-refractivity contribution in [3.63, 3.8) is 0 Å². The van der Waals surface area contributed by atoms with Gasteiger partial charge in [-0.25, -0.2) is 4.39 Å². The first-order valence-corrected chi connectivity index (χ1v) is 5.98. The second-order valence-corrected chi connectivity index (χ2v) is 4.45. The van der Waals surface area contributed by atoms with Crippen LogP contribution in [0.15, 0.2) is 42.5 Å². The zero-order valence-electron chi connectivity index (χ0n) is 11.1. The topological polar surface area (TPSA) is 38.5 Å². The molecule has 0 radical (unpaired) electrons. The first-order valence-electron chi connectivity index (χ1n) is 5.98. The molecule has 0 atom stereocenters. The summed E-state index contributed by atoms with van der Waals surface area (Å²) < 4.78 is 18.5. The van der Waals surface area contributed by atoms with Gasteiger partial charge in [-0.05, 0) is 35.9 Å². The van der Waals surface area contributed by atoms with Crippen LogP contribution in [-0.2, 0) is 6.54 Å². The Labute approximate surface area is 112 Å². The molecule has 2 aromatic carbocycles. The van der Waals surface area contributed by atoms with Crippen LogP contribution in [0.5, 0.6) is 5.75 Å². The highest BCUT2D eigenvalue weighted by atomic mass is 19.1. The summed E-state index contributed by atoms with van der Waals surface area (Å²) in [6.45, 7) is 0.653. The van der Waals surface area contributed by atoms with Crippen molar-refractivity contribution in [2.45, 2.75) is 6.54 Å². The lowest BCUT2D eigenvalue weighted by molar-refractivity contribution is 0.414. The predicted molar refractivity (Wildman–Crippen MR) is 75.9 cm³/mol. The van der Waals surface area contributed by atoms with Gasteiger partial charge in [-0.2, -0.15) is 0 Å². The first kappa shape index (κ1) is 13.2. The molecule has 2 N–H and O–H groups in total. The molecule has 0 unspecified atom stereocenters. The molecule has 0 aliphatic heterocycles. The third-order valence-corrected chi connectivity index (χ3v) is 2.90. The monoisotopic (exact) mass is 260 g/mol. The molecule has 0 amide bonds. The van der Waals surface area contributed by atoms with Crippen molar-refractivity contribution < 1.29 is 9.13 Å². The third kappa shape index (κ3) is 3.37. The molecular formula is C15H17FN2O. The zero-order valence-corrected chi connectivity index (χ0v) is 11.1. The van der Waals surface area contributed by atoms with Gasteiger partial charge in [0.25, 0.3) is 0 Å². The Morgan fingerprint density at radius 1 is 1.21 bits per heavy atom. The Morgan fingerprint density at radius 3 is 2.68 bits per heavy atom. The summed E-state index contributed by atoms with van der Waals surface area (Å²) in [5, 5.41) is 0. The number of benzene rings is 2. The first-order chi connectivity index (χ1) is 9.08. The van der Waals surface area contributed by atoms with Crippen LogP contribution in [0.2, 0.25) is 0 Å². The van der Waals surface area contributed by atoms with Crippen LogP contribution < -0.4 is 15.4 Å². The standard InChI is InChI=1S/C15H17FN2O/c1-18(14-8-12(16)7-13(17)9-14)10-11-4-3-5-15(6-11)19-2/h3-9H,10,17H2,1-2H3. The summed E-state index contributed by atoms with van der Waals surface area (Å²) in [6, 6.07) is 12.3. The molecule has 0 aromatic heterocycles. The normalized spacial score (nSPS) is 10.3. The molecular weight excluding hydrogens is 243 g/mol. The van der Waals surface area contributed by atoms with E-state index < -0.39 is 0 Å². The molecule has 0 saturated heterocycles. The maximum atomic E-state index is 13.3. The van der Waals surface area contributed by atoms with E-state index in [9.17, 15) is 4.39 Å². The molecule has 0 spiro atoms. The van der Waals surface area contributed by atoms with Crippen molar-refractivity contribution in [3.05, 3.63) is 53.8 Å². The highest BCUT2D eigenvalue weighted by molar-refractivity contribution is 5.56. The van der Waals surface area contributed by atoms with E-state index in [4.69, 9.17) is 10.5 Å². The van der Waals surface area contributed by atoms with E-state index in [2.05, 4.69) is 0 Å². The van der Waals surface area contributed by atoms with Crippen LogP contribution in [0.4, 0.5) is 15.8 Å². The summed E-state index contributed by atoms with van der Waals surface area (Å²) >= 11 is 0. The van der Waals surface area contributed by atoms with E-state index in [1.807, 2.05) is 36.2 Å². The molecule has 0 saturated carbocycles. The van der Waals surface area contributed by atoms with Gasteiger partial charge in [0, 0.05) is 25.0 Å². The maximum Gasteiger partial charge on any atom is 0.127 e. The van der Waals surface area contributed by atoms with Crippen molar-refractivity contribution in [3.8, 4) is 5.75 Å². The number of anilines is 2. The molecule has 100 valence electrons. The van der Waals surface area contributed by atoms with E-state index in [0.29, 0.717) is 12.2 Å². The minimum Gasteiger partial charge on any atom is -0.497 e. The van der Waals surface area contributed by atoms with E-state index in [1.165, 1.54) is 12.1 Å². The fraction of sp³-hybridized carbons (Fsp3) is 0.200. The number of halogens is 1.